The van der Waals surface area contributed by atoms with E-state index in [2.05, 4.69) is 22.5 Å². The number of benzene rings is 3. The number of ketones is 1. The van der Waals surface area contributed by atoms with Crippen molar-refractivity contribution >= 4 is 17.5 Å². The third kappa shape index (κ3) is 5.89. The summed E-state index contributed by atoms with van der Waals surface area (Å²) in [6, 6.07) is 27.2. The molecule has 3 aromatic carbocycles. The van der Waals surface area contributed by atoms with Crippen LogP contribution in [0, 0.1) is 17.2 Å². The standard InChI is InChI=1S/C28H25N5O3S/c1-19(30)22(16-29)24(34)18-37-28-32-31-27(33(28)23-13-7-9-15-26(23)35-2)17-36-25-14-8-6-12-21(25)20-10-4-3-5-11-20/h3-15,22H,1,17-18,30H2,2H3/p+1/t22-/m1/s1. The van der Waals surface area contributed by atoms with E-state index in [1.165, 1.54) is 11.8 Å². The largest absolute Gasteiger partial charge is 0.495 e. The number of hydrogen-bond acceptors (Lipinski definition) is 7. The summed E-state index contributed by atoms with van der Waals surface area (Å²) in [6.45, 7) is 3.77. The van der Waals surface area contributed by atoms with Gasteiger partial charge in [0.2, 0.25) is 0 Å². The lowest BCUT2D eigenvalue weighted by Crippen LogP contribution is -2.51. The lowest BCUT2D eigenvalue weighted by molar-refractivity contribution is -0.309. The fourth-order valence-electron chi connectivity index (χ4n) is 3.74. The summed E-state index contributed by atoms with van der Waals surface area (Å²) in [7, 11) is 1.59. The molecule has 8 nitrogen and oxygen atoms in total. The molecular formula is C28H26N5O3S+. The molecule has 0 radical (unpaired) electrons. The average molecular weight is 513 g/mol. The first-order chi connectivity index (χ1) is 18.0. The summed E-state index contributed by atoms with van der Waals surface area (Å²) in [5.41, 5.74) is 6.62. The van der Waals surface area contributed by atoms with Crippen molar-refractivity contribution < 1.29 is 20.0 Å². The Kier molecular flexibility index (Phi) is 8.36. The number of Topliss-reactive ketones (excluding diaryl/α,β-unsaturated/α-hetero) is 1. The Labute approximate surface area is 219 Å². The molecule has 1 atom stereocenters. The van der Waals surface area contributed by atoms with E-state index < -0.39 is 5.92 Å². The van der Waals surface area contributed by atoms with Crippen molar-refractivity contribution in [3.05, 3.63) is 97.0 Å². The number of thioether (sulfide) groups is 1. The van der Waals surface area contributed by atoms with Gasteiger partial charge in [-0.3, -0.25) is 9.36 Å². The van der Waals surface area contributed by atoms with Crippen molar-refractivity contribution in [2.75, 3.05) is 12.9 Å². The number of ether oxygens (including phenoxy) is 2. The Bertz CT molecular complexity index is 1450. The zero-order chi connectivity index (χ0) is 26.2. The van der Waals surface area contributed by atoms with Gasteiger partial charge in [-0.25, -0.2) is 0 Å². The normalized spacial score (nSPS) is 11.4. The number of para-hydroxylation sites is 3. The van der Waals surface area contributed by atoms with Crippen LogP contribution >= 0.6 is 11.8 Å². The molecule has 4 rings (SSSR count). The Morgan fingerprint density at radius 3 is 2.43 bits per heavy atom. The molecule has 0 amide bonds. The van der Waals surface area contributed by atoms with Crippen LogP contribution in [0.4, 0.5) is 0 Å². The molecule has 0 unspecified atom stereocenters. The van der Waals surface area contributed by atoms with Crippen LogP contribution in [-0.4, -0.2) is 33.4 Å². The van der Waals surface area contributed by atoms with Crippen molar-refractivity contribution in [1.82, 2.24) is 14.8 Å². The number of methoxy groups -OCH3 is 1. The second-order valence-electron chi connectivity index (χ2n) is 8.03. The highest BCUT2D eigenvalue weighted by atomic mass is 32.2. The third-order valence-electron chi connectivity index (χ3n) is 5.56. The maximum atomic E-state index is 12.6. The molecular weight excluding hydrogens is 486 g/mol. The van der Waals surface area contributed by atoms with Crippen LogP contribution in [0.15, 0.2) is 96.3 Å². The van der Waals surface area contributed by atoms with E-state index in [-0.39, 0.29) is 23.8 Å². The highest BCUT2D eigenvalue weighted by Crippen LogP contribution is 2.32. The van der Waals surface area contributed by atoms with Gasteiger partial charge in [0.05, 0.1) is 24.6 Å². The average Bonchev–Trinajstić information content (AvgIpc) is 3.34. The maximum Gasteiger partial charge on any atom is 0.196 e. The molecule has 0 spiro atoms. The van der Waals surface area contributed by atoms with Crippen LogP contribution in [-0.2, 0) is 11.4 Å². The van der Waals surface area contributed by atoms with Crippen LogP contribution in [0.3, 0.4) is 0 Å². The predicted octanol–water partition coefficient (Wildman–Crippen LogP) is 4.08. The summed E-state index contributed by atoms with van der Waals surface area (Å²) in [5, 5.41) is 18.5. The van der Waals surface area contributed by atoms with Gasteiger partial charge in [0.1, 0.15) is 23.8 Å². The van der Waals surface area contributed by atoms with Crippen molar-refractivity contribution in [2.45, 2.75) is 11.8 Å². The van der Waals surface area contributed by atoms with Gasteiger partial charge in [-0.05, 0) is 30.3 Å². The van der Waals surface area contributed by atoms with Crippen LogP contribution in [0.1, 0.15) is 5.82 Å². The van der Waals surface area contributed by atoms with Gasteiger partial charge < -0.3 is 15.2 Å². The van der Waals surface area contributed by atoms with Crippen molar-refractivity contribution in [1.29, 1.82) is 5.26 Å². The van der Waals surface area contributed by atoms with E-state index in [0.717, 1.165) is 11.1 Å². The number of quaternary nitrogens is 1. The highest BCUT2D eigenvalue weighted by molar-refractivity contribution is 7.99. The molecule has 9 heteroatoms. The van der Waals surface area contributed by atoms with Gasteiger partial charge in [0.25, 0.3) is 0 Å². The van der Waals surface area contributed by atoms with E-state index in [1.54, 1.807) is 7.11 Å². The molecule has 37 heavy (non-hydrogen) atoms. The first-order valence-corrected chi connectivity index (χ1v) is 12.4. The first-order valence-electron chi connectivity index (χ1n) is 11.4. The monoisotopic (exact) mass is 512 g/mol. The zero-order valence-electron chi connectivity index (χ0n) is 20.3. The summed E-state index contributed by atoms with van der Waals surface area (Å²) in [5.74, 6) is 0.600. The second kappa shape index (κ2) is 12.0. The molecule has 1 aromatic heterocycles. The number of carbonyl (C=O) groups is 1. The highest BCUT2D eigenvalue weighted by Gasteiger charge is 2.25. The van der Waals surface area contributed by atoms with Gasteiger partial charge in [0.15, 0.2) is 22.7 Å². The zero-order valence-corrected chi connectivity index (χ0v) is 21.1. The molecule has 186 valence electrons. The molecule has 0 aliphatic rings. The Morgan fingerprint density at radius 2 is 1.73 bits per heavy atom. The second-order valence-corrected chi connectivity index (χ2v) is 8.97. The van der Waals surface area contributed by atoms with Gasteiger partial charge in [-0.1, -0.05) is 72.4 Å². The van der Waals surface area contributed by atoms with E-state index in [1.807, 2.05) is 89.5 Å². The van der Waals surface area contributed by atoms with E-state index in [9.17, 15) is 10.1 Å². The Balaban J connectivity index is 1.65. The topological polar surface area (TPSA) is 118 Å². The molecule has 0 fully saturated rings. The quantitative estimate of drug-likeness (QED) is 0.301. The fraction of sp³-hybridized carbons (Fsp3) is 0.143. The molecule has 0 saturated heterocycles. The van der Waals surface area contributed by atoms with Crippen molar-refractivity contribution in [3.63, 3.8) is 0 Å². The molecule has 1 heterocycles. The van der Waals surface area contributed by atoms with Crippen molar-refractivity contribution in [3.8, 4) is 34.4 Å². The van der Waals surface area contributed by atoms with Crippen molar-refractivity contribution in [2.24, 2.45) is 5.92 Å². The smallest absolute Gasteiger partial charge is 0.196 e. The summed E-state index contributed by atoms with van der Waals surface area (Å²) >= 11 is 1.18. The number of carbonyl (C=O) groups excluding carboxylic acids is 1. The maximum absolute atomic E-state index is 12.6. The first kappa shape index (κ1) is 25.7. The molecule has 0 aliphatic carbocycles. The predicted molar refractivity (Wildman–Crippen MR) is 141 cm³/mol. The number of aromatic nitrogens is 3. The molecule has 0 bridgehead atoms. The minimum Gasteiger partial charge on any atom is -0.495 e. The van der Waals surface area contributed by atoms with Gasteiger partial charge >= 0.3 is 0 Å². The molecule has 0 aliphatic heterocycles. The summed E-state index contributed by atoms with van der Waals surface area (Å²) in [4.78, 5) is 12.6. The number of hydrogen-bond donors (Lipinski definition) is 1. The lowest BCUT2D eigenvalue weighted by Gasteiger charge is -2.15. The minimum atomic E-state index is -0.965. The number of nitriles is 1. The Hall–Kier alpha value is -4.39. The number of allylic oxidation sites excluding steroid dienone is 1. The SMILES string of the molecule is C=C([NH3+])[C@@H](C#N)C(=O)CSc1nnc(COc2ccccc2-c2ccccc2)n1-c1ccccc1OC. The summed E-state index contributed by atoms with van der Waals surface area (Å²) < 4.78 is 13.6. The lowest BCUT2D eigenvalue weighted by atomic mass is 10.1. The number of rotatable bonds is 11. The number of nitrogens with zero attached hydrogens (tertiary/aromatic N) is 4. The third-order valence-corrected chi connectivity index (χ3v) is 6.51. The Morgan fingerprint density at radius 1 is 1.05 bits per heavy atom. The van der Waals surface area contributed by atoms with Crippen LogP contribution < -0.4 is 15.2 Å². The van der Waals surface area contributed by atoms with Crippen LogP contribution in [0.25, 0.3) is 16.8 Å². The summed E-state index contributed by atoms with van der Waals surface area (Å²) in [6.07, 6.45) is 0. The van der Waals surface area contributed by atoms with Gasteiger partial charge in [-0.15, -0.1) is 10.2 Å². The molecule has 3 N–H and O–H groups in total. The van der Waals surface area contributed by atoms with Gasteiger partial charge in [0, 0.05) is 5.56 Å². The molecule has 4 aromatic rings. The fourth-order valence-corrected chi connectivity index (χ4v) is 4.61. The molecule has 0 saturated carbocycles. The minimum absolute atomic E-state index is 0.0117. The van der Waals surface area contributed by atoms with Crippen LogP contribution in [0.5, 0.6) is 11.5 Å². The van der Waals surface area contributed by atoms with E-state index in [4.69, 9.17) is 9.47 Å². The van der Waals surface area contributed by atoms with Gasteiger partial charge in [-0.2, -0.15) is 5.26 Å². The van der Waals surface area contributed by atoms with E-state index >= 15 is 0 Å². The van der Waals surface area contributed by atoms with Crippen LogP contribution in [0.2, 0.25) is 0 Å². The van der Waals surface area contributed by atoms with E-state index in [0.29, 0.717) is 28.2 Å².